The molecule has 1 saturated heterocycles. The SMILES string of the molecule is O=C(NCc1nnnn1-c1ccccc1)C1CCC(=O)N(C2CCCC2)C1. The second kappa shape index (κ2) is 7.85. The quantitative estimate of drug-likeness (QED) is 0.862. The van der Waals surface area contributed by atoms with E-state index in [1.807, 2.05) is 35.2 Å². The Morgan fingerprint density at radius 3 is 2.70 bits per heavy atom. The van der Waals surface area contributed by atoms with Crippen LogP contribution in [0.15, 0.2) is 30.3 Å². The minimum Gasteiger partial charge on any atom is -0.348 e. The van der Waals surface area contributed by atoms with Crippen molar-refractivity contribution in [2.75, 3.05) is 6.54 Å². The van der Waals surface area contributed by atoms with Gasteiger partial charge in [0.1, 0.15) is 0 Å². The molecule has 27 heavy (non-hydrogen) atoms. The largest absolute Gasteiger partial charge is 0.348 e. The molecule has 1 aliphatic heterocycles. The first-order valence-corrected chi connectivity index (χ1v) is 9.62. The Hall–Kier alpha value is -2.77. The third-order valence-corrected chi connectivity index (χ3v) is 5.54. The minimum absolute atomic E-state index is 0.0342. The predicted molar refractivity (Wildman–Crippen MR) is 97.7 cm³/mol. The van der Waals surface area contributed by atoms with Gasteiger partial charge in [0.05, 0.1) is 18.2 Å². The van der Waals surface area contributed by atoms with Crippen molar-refractivity contribution in [2.24, 2.45) is 5.92 Å². The Bertz CT molecular complexity index is 800. The predicted octanol–water partition coefficient (Wildman–Crippen LogP) is 1.46. The Balaban J connectivity index is 1.37. The number of likely N-dealkylation sites (tertiary alicyclic amines) is 1. The van der Waals surface area contributed by atoms with Crippen LogP contribution in [0.1, 0.15) is 44.3 Å². The van der Waals surface area contributed by atoms with Crippen molar-refractivity contribution < 1.29 is 9.59 Å². The summed E-state index contributed by atoms with van der Waals surface area (Å²) in [5.41, 5.74) is 0.849. The smallest absolute Gasteiger partial charge is 0.225 e. The van der Waals surface area contributed by atoms with Crippen LogP contribution >= 0.6 is 0 Å². The van der Waals surface area contributed by atoms with Crippen LogP contribution in [0.2, 0.25) is 0 Å². The molecule has 1 aromatic heterocycles. The Morgan fingerprint density at radius 2 is 1.93 bits per heavy atom. The van der Waals surface area contributed by atoms with Gasteiger partial charge in [-0.1, -0.05) is 31.0 Å². The highest BCUT2D eigenvalue weighted by atomic mass is 16.2. The first-order valence-electron chi connectivity index (χ1n) is 9.62. The van der Waals surface area contributed by atoms with Crippen molar-refractivity contribution in [1.82, 2.24) is 30.4 Å². The highest BCUT2D eigenvalue weighted by molar-refractivity contribution is 5.84. The lowest BCUT2D eigenvalue weighted by atomic mass is 9.95. The van der Waals surface area contributed by atoms with Gasteiger partial charge in [-0.25, -0.2) is 0 Å². The summed E-state index contributed by atoms with van der Waals surface area (Å²) in [4.78, 5) is 26.9. The van der Waals surface area contributed by atoms with Crippen LogP contribution < -0.4 is 5.32 Å². The molecule has 8 heteroatoms. The molecule has 1 N–H and O–H groups in total. The molecule has 8 nitrogen and oxygen atoms in total. The molecule has 4 rings (SSSR count). The second-order valence-corrected chi connectivity index (χ2v) is 7.28. The summed E-state index contributed by atoms with van der Waals surface area (Å²) in [6.45, 7) is 0.785. The molecule has 142 valence electrons. The van der Waals surface area contributed by atoms with Crippen LogP contribution in [0.4, 0.5) is 0 Å². The molecule has 2 fully saturated rings. The highest BCUT2D eigenvalue weighted by Crippen LogP contribution is 2.28. The summed E-state index contributed by atoms with van der Waals surface area (Å²) < 4.78 is 1.62. The maximum atomic E-state index is 12.7. The highest BCUT2D eigenvalue weighted by Gasteiger charge is 2.35. The molecule has 0 radical (unpaired) electrons. The van der Waals surface area contributed by atoms with E-state index >= 15 is 0 Å². The Labute approximate surface area is 157 Å². The zero-order valence-electron chi connectivity index (χ0n) is 15.3. The number of tetrazole rings is 1. The number of hydrogen-bond acceptors (Lipinski definition) is 5. The molecule has 0 spiro atoms. The van der Waals surface area contributed by atoms with Gasteiger partial charge in [0.15, 0.2) is 5.82 Å². The third kappa shape index (κ3) is 3.84. The van der Waals surface area contributed by atoms with Crippen LogP contribution in [0.25, 0.3) is 5.69 Å². The molecule has 0 bridgehead atoms. The average Bonchev–Trinajstić information content (AvgIpc) is 3.39. The number of benzene rings is 1. The van der Waals surface area contributed by atoms with Gasteiger partial charge in [-0.2, -0.15) is 4.68 Å². The lowest BCUT2D eigenvalue weighted by Crippen LogP contribution is -2.49. The van der Waals surface area contributed by atoms with Gasteiger partial charge in [0, 0.05) is 19.0 Å². The van der Waals surface area contributed by atoms with Crippen molar-refractivity contribution in [3.05, 3.63) is 36.2 Å². The van der Waals surface area contributed by atoms with E-state index in [1.165, 1.54) is 12.8 Å². The average molecular weight is 368 g/mol. The monoisotopic (exact) mass is 368 g/mol. The first kappa shape index (κ1) is 17.6. The van der Waals surface area contributed by atoms with Crippen molar-refractivity contribution in [3.63, 3.8) is 0 Å². The maximum absolute atomic E-state index is 12.7. The number of carbonyl (C=O) groups excluding carboxylic acids is 2. The number of hydrogen-bond donors (Lipinski definition) is 1. The number of nitrogens with one attached hydrogen (secondary N) is 1. The summed E-state index contributed by atoms with van der Waals surface area (Å²) in [5.74, 6) is 0.575. The summed E-state index contributed by atoms with van der Waals surface area (Å²) in [6, 6.07) is 9.89. The molecule has 1 aliphatic carbocycles. The normalized spacial score (nSPS) is 20.8. The molecule has 2 heterocycles. The fourth-order valence-electron chi connectivity index (χ4n) is 4.05. The molecule has 2 aliphatic rings. The molecule has 1 saturated carbocycles. The van der Waals surface area contributed by atoms with E-state index in [2.05, 4.69) is 20.8 Å². The van der Waals surface area contributed by atoms with E-state index in [-0.39, 0.29) is 24.3 Å². The maximum Gasteiger partial charge on any atom is 0.225 e. The lowest BCUT2D eigenvalue weighted by Gasteiger charge is -2.36. The van der Waals surface area contributed by atoms with Crippen molar-refractivity contribution in [3.8, 4) is 5.69 Å². The Morgan fingerprint density at radius 1 is 1.15 bits per heavy atom. The fourth-order valence-corrected chi connectivity index (χ4v) is 4.05. The van der Waals surface area contributed by atoms with E-state index in [9.17, 15) is 9.59 Å². The van der Waals surface area contributed by atoms with E-state index in [0.717, 1.165) is 18.5 Å². The van der Waals surface area contributed by atoms with Gasteiger partial charge < -0.3 is 10.2 Å². The molecule has 1 atom stereocenters. The van der Waals surface area contributed by atoms with Gasteiger partial charge >= 0.3 is 0 Å². The van der Waals surface area contributed by atoms with Crippen molar-refractivity contribution >= 4 is 11.8 Å². The molecular weight excluding hydrogens is 344 g/mol. The van der Waals surface area contributed by atoms with E-state index in [0.29, 0.717) is 31.3 Å². The molecule has 2 aromatic rings. The van der Waals surface area contributed by atoms with Gasteiger partial charge in [0.25, 0.3) is 0 Å². The van der Waals surface area contributed by atoms with Crippen LogP contribution in [-0.4, -0.2) is 49.5 Å². The van der Waals surface area contributed by atoms with Crippen LogP contribution in [0.3, 0.4) is 0 Å². The van der Waals surface area contributed by atoms with Gasteiger partial charge in [-0.15, -0.1) is 5.10 Å². The van der Waals surface area contributed by atoms with Gasteiger partial charge in [-0.3, -0.25) is 9.59 Å². The number of para-hydroxylation sites is 1. The molecular formula is C19H24N6O2. The topological polar surface area (TPSA) is 93.0 Å². The third-order valence-electron chi connectivity index (χ3n) is 5.54. The van der Waals surface area contributed by atoms with Gasteiger partial charge in [-0.05, 0) is 41.8 Å². The first-order chi connectivity index (χ1) is 13.2. The standard InChI is InChI=1S/C19H24N6O2/c26-18-11-10-14(13-24(18)15-6-4-5-7-15)19(27)20-12-17-21-22-23-25(17)16-8-2-1-3-9-16/h1-3,8-9,14-15H,4-7,10-13H2,(H,20,27). The van der Waals surface area contributed by atoms with Crippen molar-refractivity contribution in [1.29, 1.82) is 0 Å². The Kier molecular flexibility index (Phi) is 5.13. The van der Waals surface area contributed by atoms with Crippen LogP contribution in [-0.2, 0) is 16.1 Å². The molecule has 1 unspecified atom stereocenters. The number of amides is 2. The minimum atomic E-state index is -0.163. The van der Waals surface area contributed by atoms with Crippen LogP contribution in [0, 0.1) is 5.92 Å². The zero-order valence-corrected chi connectivity index (χ0v) is 15.3. The number of piperidine rings is 1. The summed E-state index contributed by atoms with van der Waals surface area (Å²) >= 11 is 0. The van der Waals surface area contributed by atoms with E-state index in [1.54, 1.807) is 4.68 Å². The summed E-state index contributed by atoms with van der Waals surface area (Å²) in [6.07, 6.45) is 5.53. The second-order valence-electron chi connectivity index (χ2n) is 7.28. The fraction of sp³-hybridized carbons (Fsp3) is 0.526. The molecule has 2 amide bonds. The number of nitrogens with zero attached hydrogens (tertiary/aromatic N) is 5. The number of rotatable bonds is 5. The van der Waals surface area contributed by atoms with E-state index < -0.39 is 0 Å². The van der Waals surface area contributed by atoms with Crippen molar-refractivity contribution in [2.45, 2.75) is 51.1 Å². The zero-order chi connectivity index (χ0) is 18.6. The summed E-state index contributed by atoms with van der Waals surface area (Å²) in [5, 5.41) is 14.7. The molecule has 1 aromatic carbocycles. The van der Waals surface area contributed by atoms with Gasteiger partial charge in [0.2, 0.25) is 11.8 Å². The summed E-state index contributed by atoms with van der Waals surface area (Å²) in [7, 11) is 0. The number of carbonyl (C=O) groups is 2. The number of aromatic nitrogens is 4. The van der Waals surface area contributed by atoms with Crippen LogP contribution in [0.5, 0.6) is 0 Å². The lowest BCUT2D eigenvalue weighted by molar-refractivity contribution is -0.140. The van der Waals surface area contributed by atoms with E-state index in [4.69, 9.17) is 0 Å².